The van der Waals surface area contributed by atoms with E-state index in [1.165, 1.54) is 30.9 Å². The minimum Gasteiger partial charge on any atom is -0.384 e. The van der Waals surface area contributed by atoms with Crippen LogP contribution in [0.4, 0.5) is 4.39 Å². The fourth-order valence-electron chi connectivity index (χ4n) is 2.94. The molecular weight excluding hydrogens is 259 g/mol. The first-order valence-electron chi connectivity index (χ1n) is 6.77. The van der Waals surface area contributed by atoms with Gasteiger partial charge in [0.1, 0.15) is 5.82 Å². The van der Waals surface area contributed by atoms with Crippen molar-refractivity contribution in [1.29, 1.82) is 0 Å². The molecule has 0 unspecified atom stereocenters. The van der Waals surface area contributed by atoms with Crippen molar-refractivity contribution in [2.75, 3.05) is 13.7 Å². The molecule has 20 heavy (non-hydrogen) atoms. The molecule has 1 saturated carbocycles. The first-order valence-corrected chi connectivity index (χ1v) is 6.77. The molecule has 0 radical (unpaired) electrons. The molecule has 0 amide bonds. The molecule has 1 heterocycles. The van der Waals surface area contributed by atoms with E-state index in [-0.39, 0.29) is 16.8 Å². The first kappa shape index (κ1) is 13.2. The van der Waals surface area contributed by atoms with Gasteiger partial charge in [-0.15, -0.1) is 0 Å². The first-order chi connectivity index (χ1) is 9.63. The molecule has 2 aromatic rings. The number of methoxy groups -OCH3 is 1. The Morgan fingerprint density at radius 1 is 1.45 bits per heavy atom. The number of ether oxygens (including phenoxy) is 1. The van der Waals surface area contributed by atoms with Crippen LogP contribution in [0.25, 0.3) is 10.9 Å². The van der Waals surface area contributed by atoms with Gasteiger partial charge in [0.2, 0.25) is 0 Å². The number of fused-ring (bicyclic) bond motifs is 1. The minimum atomic E-state index is -0.378. The van der Waals surface area contributed by atoms with Crippen molar-refractivity contribution >= 4 is 10.9 Å². The van der Waals surface area contributed by atoms with Crippen LogP contribution in [0.2, 0.25) is 0 Å². The Labute approximate surface area is 116 Å². The monoisotopic (exact) mass is 276 g/mol. The van der Waals surface area contributed by atoms with Gasteiger partial charge in [-0.1, -0.05) is 6.42 Å². The highest BCUT2D eigenvalue weighted by molar-refractivity contribution is 5.77. The number of hydrogen-bond acceptors (Lipinski definition) is 3. The lowest BCUT2D eigenvalue weighted by Gasteiger charge is -2.41. The van der Waals surface area contributed by atoms with Crippen molar-refractivity contribution in [3.63, 3.8) is 0 Å². The zero-order valence-corrected chi connectivity index (χ0v) is 11.4. The number of halogens is 1. The standard InChI is InChI=1S/C15H17FN2O2/c1-20-9-15(5-2-6-15)8-18-10-17-13-7-11(16)3-4-12(13)14(18)19/h3-4,7,10H,2,5-6,8-9H2,1H3. The Bertz CT molecular complexity index is 692. The molecule has 106 valence electrons. The largest absolute Gasteiger partial charge is 0.384 e. The van der Waals surface area contributed by atoms with Gasteiger partial charge in [-0.2, -0.15) is 0 Å². The molecule has 0 saturated heterocycles. The van der Waals surface area contributed by atoms with E-state index < -0.39 is 0 Å². The fraction of sp³-hybridized carbons (Fsp3) is 0.467. The summed E-state index contributed by atoms with van der Waals surface area (Å²) in [4.78, 5) is 16.6. The van der Waals surface area contributed by atoms with Gasteiger partial charge < -0.3 is 4.74 Å². The van der Waals surface area contributed by atoms with Crippen molar-refractivity contribution in [2.45, 2.75) is 25.8 Å². The Morgan fingerprint density at radius 2 is 2.25 bits per heavy atom. The van der Waals surface area contributed by atoms with E-state index in [4.69, 9.17) is 4.74 Å². The average molecular weight is 276 g/mol. The summed E-state index contributed by atoms with van der Waals surface area (Å²) < 4.78 is 20.0. The third kappa shape index (κ3) is 2.22. The number of rotatable bonds is 4. The predicted molar refractivity (Wildman–Crippen MR) is 74.1 cm³/mol. The second kappa shape index (κ2) is 4.98. The molecule has 0 N–H and O–H groups in total. The van der Waals surface area contributed by atoms with Crippen LogP contribution >= 0.6 is 0 Å². The highest BCUT2D eigenvalue weighted by Gasteiger charge is 2.37. The second-order valence-corrected chi connectivity index (χ2v) is 5.63. The van der Waals surface area contributed by atoms with Crippen LogP contribution in [-0.2, 0) is 11.3 Å². The highest BCUT2D eigenvalue weighted by Crippen LogP contribution is 2.42. The lowest BCUT2D eigenvalue weighted by molar-refractivity contribution is 0.00254. The van der Waals surface area contributed by atoms with Crippen LogP contribution in [-0.4, -0.2) is 23.3 Å². The minimum absolute atomic E-state index is 0.0496. The van der Waals surface area contributed by atoms with Crippen LogP contribution in [0.1, 0.15) is 19.3 Å². The molecule has 3 rings (SSSR count). The van der Waals surface area contributed by atoms with E-state index in [1.807, 2.05) is 0 Å². The highest BCUT2D eigenvalue weighted by atomic mass is 19.1. The molecule has 1 aliphatic carbocycles. The molecule has 5 heteroatoms. The van der Waals surface area contributed by atoms with Crippen LogP contribution in [0.5, 0.6) is 0 Å². The maximum Gasteiger partial charge on any atom is 0.261 e. The van der Waals surface area contributed by atoms with Crippen molar-refractivity contribution in [1.82, 2.24) is 9.55 Å². The van der Waals surface area contributed by atoms with Crippen LogP contribution in [0.3, 0.4) is 0 Å². The number of benzene rings is 1. The van der Waals surface area contributed by atoms with Gasteiger partial charge >= 0.3 is 0 Å². The quantitative estimate of drug-likeness (QED) is 0.861. The van der Waals surface area contributed by atoms with E-state index in [2.05, 4.69) is 4.98 Å². The summed E-state index contributed by atoms with van der Waals surface area (Å²) in [5, 5.41) is 0.459. The Morgan fingerprint density at radius 3 is 2.90 bits per heavy atom. The predicted octanol–water partition coefficient (Wildman–Crippen LogP) is 2.35. The second-order valence-electron chi connectivity index (χ2n) is 5.63. The van der Waals surface area contributed by atoms with Gasteiger partial charge in [0, 0.05) is 25.1 Å². The van der Waals surface area contributed by atoms with Crippen LogP contribution < -0.4 is 5.56 Å². The van der Waals surface area contributed by atoms with Crippen molar-refractivity contribution in [3.8, 4) is 0 Å². The molecule has 1 fully saturated rings. The number of aromatic nitrogens is 2. The normalized spacial score (nSPS) is 17.1. The molecular formula is C15H17FN2O2. The number of hydrogen-bond donors (Lipinski definition) is 0. The lowest BCUT2D eigenvalue weighted by Crippen LogP contribution is -2.41. The third-order valence-electron chi connectivity index (χ3n) is 4.16. The Kier molecular flexibility index (Phi) is 3.30. The topological polar surface area (TPSA) is 44.1 Å². The van der Waals surface area contributed by atoms with Crippen LogP contribution in [0.15, 0.2) is 29.3 Å². The van der Waals surface area contributed by atoms with E-state index in [0.29, 0.717) is 24.1 Å². The summed E-state index contributed by atoms with van der Waals surface area (Å²) in [6.45, 7) is 1.26. The van der Waals surface area contributed by atoms with Gasteiger partial charge in [0.05, 0.1) is 23.8 Å². The van der Waals surface area contributed by atoms with Gasteiger partial charge in [-0.3, -0.25) is 9.36 Å². The van der Waals surface area contributed by atoms with E-state index in [0.717, 1.165) is 12.8 Å². The fourth-order valence-corrected chi connectivity index (χ4v) is 2.94. The van der Waals surface area contributed by atoms with Gasteiger partial charge in [-0.05, 0) is 25.0 Å². The smallest absolute Gasteiger partial charge is 0.261 e. The van der Waals surface area contributed by atoms with E-state index >= 15 is 0 Å². The zero-order chi connectivity index (χ0) is 14.2. The van der Waals surface area contributed by atoms with Crippen molar-refractivity contribution in [3.05, 3.63) is 40.7 Å². The maximum atomic E-state index is 13.1. The molecule has 0 aliphatic heterocycles. The third-order valence-corrected chi connectivity index (χ3v) is 4.16. The molecule has 4 nitrogen and oxygen atoms in total. The summed E-state index contributed by atoms with van der Waals surface area (Å²) in [5.74, 6) is -0.378. The van der Waals surface area contributed by atoms with Gasteiger partial charge in [-0.25, -0.2) is 9.37 Å². The van der Waals surface area contributed by atoms with Gasteiger partial charge in [0.25, 0.3) is 5.56 Å². The zero-order valence-electron chi connectivity index (χ0n) is 11.4. The average Bonchev–Trinajstić information content (AvgIpc) is 2.39. The SMILES string of the molecule is COCC1(Cn2cnc3cc(F)ccc3c2=O)CCC1. The van der Waals surface area contributed by atoms with E-state index in [9.17, 15) is 9.18 Å². The molecule has 0 atom stereocenters. The Balaban J connectivity index is 1.98. The molecule has 1 aromatic heterocycles. The molecule has 1 aliphatic rings. The van der Waals surface area contributed by atoms with Crippen molar-refractivity contribution < 1.29 is 9.13 Å². The Hall–Kier alpha value is -1.75. The molecule has 1 aromatic carbocycles. The summed E-state index contributed by atoms with van der Waals surface area (Å²) in [7, 11) is 1.68. The van der Waals surface area contributed by atoms with Crippen LogP contribution in [0, 0.1) is 11.2 Å². The van der Waals surface area contributed by atoms with E-state index in [1.54, 1.807) is 11.7 Å². The van der Waals surface area contributed by atoms with Gasteiger partial charge in [0.15, 0.2) is 0 Å². The number of nitrogens with zero attached hydrogens (tertiary/aromatic N) is 2. The molecule has 0 spiro atoms. The summed E-state index contributed by atoms with van der Waals surface area (Å²) in [6.07, 6.45) is 4.81. The van der Waals surface area contributed by atoms with Crippen molar-refractivity contribution in [2.24, 2.45) is 5.41 Å². The lowest BCUT2D eigenvalue weighted by atomic mass is 9.69. The molecule has 0 bridgehead atoms. The summed E-state index contributed by atoms with van der Waals surface area (Å²) in [6, 6.07) is 4.08. The summed E-state index contributed by atoms with van der Waals surface area (Å²) >= 11 is 0. The maximum absolute atomic E-state index is 13.1. The summed E-state index contributed by atoms with van der Waals surface area (Å²) in [5.41, 5.74) is 0.339.